The standard InChI is InChI=1S/C40H53N5O7.C4H4O4/c1-7-52-24-23-45-32-12-9-8-11-31(32)41-39(45)43-18-10-17-42(21-22-43)19-15-40(30-13-14-33(47-2)34(27-30)48-3)16-20-44(28-40)38(46)29-25-35(49-4)37(51-6)36(26-29)50-5;5-3(6)1-2-4(7)8/h8-9,11-14,25-27H,7,10,15-24,28H2,1-6H3;1-2H,(H,5,6)(H,7,8)/b;2-1+. The molecule has 2 aliphatic rings. The minimum Gasteiger partial charge on any atom is -0.493 e. The van der Waals surface area contributed by atoms with Crippen molar-refractivity contribution in [3.8, 4) is 28.7 Å². The SMILES string of the molecule is CCOCCn1c(N2CCCN(CCC3(c4ccc(OC)c(OC)c4)CCN(C(=O)c4cc(OC)c(OC)c(OC)c4)C3)CC2)nc2ccccc21.O=C(O)/C=C/C(=O)O. The van der Waals surface area contributed by atoms with E-state index in [2.05, 4.69) is 44.7 Å². The van der Waals surface area contributed by atoms with Crippen molar-refractivity contribution in [2.45, 2.75) is 38.1 Å². The van der Waals surface area contributed by atoms with Gasteiger partial charge in [-0.05, 0) is 81.2 Å². The molecule has 2 fully saturated rings. The van der Waals surface area contributed by atoms with E-state index in [4.69, 9.17) is 43.6 Å². The van der Waals surface area contributed by atoms with Crippen molar-refractivity contribution < 1.29 is 53.0 Å². The summed E-state index contributed by atoms with van der Waals surface area (Å²) in [5.74, 6) is 1.17. The number of likely N-dealkylation sites (tertiary alicyclic amines) is 1. The number of rotatable bonds is 17. The van der Waals surface area contributed by atoms with E-state index in [0.29, 0.717) is 72.8 Å². The fraction of sp³-hybridized carbons (Fsp3) is 0.455. The van der Waals surface area contributed by atoms with Gasteiger partial charge in [0.25, 0.3) is 5.91 Å². The number of ether oxygens (including phenoxy) is 6. The molecule has 1 atom stereocenters. The number of anilines is 1. The lowest BCUT2D eigenvalue weighted by Crippen LogP contribution is -2.39. The molecule has 16 heteroatoms. The number of aromatic nitrogens is 2. The number of imidazole rings is 1. The number of nitrogens with zero attached hydrogens (tertiary/aromatic N) is 5. The van der Waals surface area contributed by atoms with Gasteiger partial charge in [-0.25, -0.2) is 14.6 Å². The lowest BCUT2D eigenvalue weighted by Gasteiger charge is -2.33. The van der Waals surface area contributed by atoms with E-state index in [1.807, 2.05) is 24.0 Å². The summed E-state index contributed by atoms with van der Waals surface area (Å²) in [6, 6.07) is 18.0. The van der Waals surface area contributed by atoms with Gasteiger partial charge in [0.15, 0.2) is 23.0 Å². The molecule has 1 unspecified atom stereocenters. The Labute approximate surface area is 350 Å². The summed E-state index contributed by atoms with van der Waals surface area (Å²) in [5, 5.41) is 15.6. The number of benzene rings is 3. The third-order valence-corrected chi connectivity index (χ3v) is 11.0. The third-order valence-electron chi connectivity index (χ3n) is 11.0. The highest BCUT2D eigenvalue weighted by Gasteiger charge is 2.42. The number of hydrogen-bond donors (Lipinski definition) is 2. The normalized spacial score (nSPS) is 16.9. The van der Waals surface area contributed by atoms with Crippen molar-refractivity contribution in [3.63, 3.8) is 0 Å². The Bertz CT molecular complexity index is 2080. The molecule has 1 aromatic heterocycles. The zero-order valence-electron chi connectivity index (χ0n) is 35.3. The summed E-state index contributed by atoms with van der Waals surface area (Å²) in [6.45, 7) is 9.97. The van der Waals surface area contributed by atoms with Crippen molar-refractivity contribution >= 4 is 34.8 Å². The molecule has 2 aliphatic heterocycles. The molecule has 3 aromatic carbocycles. The topological polar surface area (TPSA) is 175 Å². The molecule has 0 saturated carbocycles. The first kappa shape index (κ1) is 45.1. The molecule has 1 amide bonds. The first-order chi connectivity index (χ1) is 29.0. The number of hydrogen-bond acceptors (Lipinski definition) is 12. The molecule has 3 heterocycles. The summed E-state index contributed by atoms with van der Waals surface area (Å²) in [4.78, 5) is 45.3. The molecule has 16 nitrogen and oxygen atoms in total. The number of methoxy groups -OCH3 is 5. The lowest BCUT2D eigenvalue weighted by molar-refractivity contribution is -0.134. The minimum atomic E-state index is -1.26. The highest BCUT2D eigenvalue weighted by molar-refractivity contribution is 5.96. The molecule has 4 aromatic rings. The first-order valence-electron chi connectivity index (χ1n) is 20.0. The van der Waals surface area contributed by atoms with Crippen LogP contribution in [0.3, 0.4) is 0 Å². The first-order valence-corrected chi connectivity index (χ1v) is 20.0. The van der Waals surface area contributed by atoms with E-state index in [-0.39, 0.29) is 11.3 Å². The van der Waals surface area contributed by atoms with Crippen molar-refractivity contribution in [3.05, 3.63) is 77.9 Å². The second-order valence-corrected chi connectivity index (χ2v) is 14.4. The molecule has 6 rings (SSSR count). The van der Waals surface area contributed by atoms with E-state index >= 15 is 0 Å². The molecular weight excluding hydrogens is 775 g/mol. The fourth-order valence-corrected chi connectivity index (χ4v) is 7.92. The van der Waals surface area contributed by atoms with Crippen LogP contribution >= 0.6 is 0 Å². The van der Waals surface area contributed by atoms with E-state index in [0.717, 1.165) is 81.1 Å². The van der Waals surface area contributed by atoms with Gasteiger partial charge in [-0.2, -0.15) is 0 Å². The number of carbonyl (C=O) groups is 3. The van der Waals surface area contributed by atoms with Crippen LogP contribution < -0.4 is 28.6 Å². The lowest BCUT2D eigenvalue weighted by atomic mass is 9.76. The average molecular weight is 832 g/mol. The average Bonchev–Trinajstić information content (AvgIpc) is 3.78. The molecule has 2 N–H and O–H groups in total. The van der Waals surface area contributed by atoms with Gasteiger partial charge in [0, 0.05) is 69.0 Å². The van der Waals surface area contributed by atoms with Gasteiger partial charge in [0.1, 0.15) is 0 Å². The Morgan fingerprint density at radius 2 is 1.45 bits per heavy atom. The third kappa shape index (κ3) is 10.8. The van der Waals surface area contributed by atoms with E-state index in [1.54, 1.807) is 47.7 Å². The van der Waals surface area contributed by atoms with Crippen LogP contribution in [0.4, 0.5) is 5.95 Å². The molecule has 324 valence electrons. The number of carbonyl (C=O) groups excluding carboxylic acids is 1. The Morgan fingerprint density at radius 1 is 0.767 bits per heavy atom. The number of aliphatic carboxylic acids is 2. The van der Waals surface area contributed by atoms with E-state index in [1.165, 1.54) is 0 Å². The van der Waals surface area contributed by atoms with Gasteiger partial charge in [-0.15, -0.1) is 0 Å². The van der Waals surface area contributed by atoms with Crippen LogP contribution in [0.25, 0.3) is 11.0 Å². The highest BCUT2D eigenvalue weighted by Crippen LogP contribution is 2.43. The van der Waals surface area contributed by atoms with Crippen LogP contribution in [0.15, 0.2) is 66.7 Å². The summed E-state index contributed by atoms with van der Waals surface area (Å²) < 4.78 is 36.0. The number of fused-ring (bicyclic) bond motifs is 1. The van der Waals surface area contributed by atoms with Crippen molar-refractivity contribution in [2.24, 2.45) is 0 Å². The number of para-hydroxylation sites is 2. The van der Waals surface area contributed by atoms with Gasteiger partial charge in [-0.1, -0.05) is 18.2 Å². The van der Waals surface area contributed by atoms with Gasteiger partial charge >= 0.3 is 11.9 Å². The quantitative estimate of drug-likeness (QED) is 0.105. The van der Waals surface area contributed by atoms with E-state index in [9.17, 15) is 14.4 Å². The Balaban J connectivity index is 0.000000774. The van der Waals surface area contributed by atoms with Crippen molar-refractivity contribution in [1.29, 1.82) is 0 Å². The molecule has 2 saturated heterocycles. The van der Waals surface area contributed by atoms with Crippen LogP contribution in [0.2, 0.25) is 0 Å². The van der Waals surface area contributed by atoms with Gasteiger partial charge in [-0.3, -0.25) is 4.79 Å². The van der Waals surface area contributed by atoms with Crippen molar-refractivity contribution in [2.75, 3.05) is 99.5 Å². The second kappa shape index (κ2) is 21.3. The maximum atomic E-state index is 14.1. The molecule has 0 spiro atoms. The summed E-state index contributed by atoms with van der Waals surface area (Å²) in [5.41, 5.74) is 3.51. The molecule has 0 radical (unpaired) electrons. The summed E-state index contributed by atoms with van der Waals surface area (Å²) in [6.07, 6.45) is 3.85. The zero-order chi connectivity index (χ0) is 43.2. The van der Waals surface area contributed by atoms with Crippen LogP contribution in [0.5, 0.6) is 28.7 Å². The Morgan fingerprint density at radius 3 is 2.08 bits per heavy atom. The number of carboxylic acid groups (broad SMARTS) is 2. The minimum absolute atomic E-state index is 0.0701. The predicted octanol–water partition coefficient (Wildman–Crippen LogP) is 5.21. The van der Waals surface area contributed by atoms with Gasteiger partial charge in [0.05, 0.1) is 53.2 Å². The number of carboxylic acids is 2. The number of amides is 1. The Kier molecular flexibility index (Phi) is 16.0. The smallest absolute Gasteiger partial charge is 0.328 e. The Hall–Kier alpha value is -6.00. The van der Waals surface area contributed by atoms with Crippen LogP contribution in [-0.4, -0.2) is 142 Å². The molecular formula is C44H57N5O11. The summed E-state index contributed by atoms with van der Waals surface area (Å²) >= 11 is 0. The molecule has 60 heavy (non-hydrogen) atoms. The highest BCUT2D eigenvalue weighted by atomic mass is 16.5. The largest absolute Gasteiger partial charge is 0.493 e. The monoisotopic (exact) mass is 831 g/mol. The van der Waals surface area contributed by atoms with Crippen LogP contribution in [-0.2, 0) is 26.3 Å². The summed E-state index contributed by atoms with van der Waals surface area (Å²) in [7, 11) is 7.99. The zero-order valence-corrected chi connectivity index (χ0v) is 35.3. The van der Waals surface area contributed by atoms with Gasteiger partial charge in [0.2, 0.25) is 11.7 Å². The second-order valence-electron chi connectivity index (χ2n) is 14.4. The maximum Gasteiger partial charge on any atom is 0.328 e. The van der Waals surface area contributed by atoms with Gasteiger partial charge < -0.3 is 57.9 Å². The fourth-order valence-electron chi connectivity index (χ4n) is 7.92. The van der Waals surface area contributed by atoms with Crippen molar-refractivity contribution in [1.82, 2.24) is 19.4 Å². The van der Waals surface area contributed by atoms with Crippen LogP contribution in [0.1, 0.15) is 42.1 Å². The van der Waals surface area contributed by atoms with E-state index < -0.39 is 11.9 Å². The maximum absolute atomic E-state index is 14.1. The molecule has 0 bridgehead atoms. The van der Waals surface area contributed by atoms with Crippen LogP contribution in [0, 0.1) is 0 Å². The predicted molar refractivity (Wildman–Crippen MR) is 226 cm³/mol. The molecule has 0 aliphatic carbocycles.